The molecule has 0 aliphatic carbocycles. The highest BCUT2D eigenvalue weighted by atomic mass is 127. The number of carbonyl (C=O) groups is 1. The Labute approximate surface area is 174 Å². The van der Waals surface area contributed by atoms with E-state index in [2.05, 4.69) is 37.6 Å². The van der Waals surface area contributed by atoms with E-state index >= 15 is 0 Å². The van der Waals surface area contributed by atoms with Crippen molar-refractivity contribution in [3.63, 3.8) is 0 Å². The van der Waals surface area contributed by atoms with Crippen LogP contribution >= 0.6 is 22.6 Å². The Hall–Kier alpha value is -2.27. The first-order valence-electron chi connectivity index (χ1n) is 8.75. The summed E-state index contributed by atoms with van der Waals surface area (Å²) in [6, 6.07) is 4.89. The predicted molar refractivity (Wildman–Crippen MR) is 110 cm³/mol. The summed E-state index contributed by atoms with van der Waals surface area (Å²) in [5, 5.41) is 4.44. The van der Waals surface area contributed by atoms with Crippen molar-refractivity contribution >= 4 is 39.9 Å². The van der Waals surface area contributed by atoms with Gasteiger partial charge in [-0.3, -0.25) is 0 Å². The van der Waals surface area contributed by atoms with Gasteiger partial charge in [0.2, 0.25) is 3.83 Å². The molecule has 0 radical (unpaired) electrons. The van der Waals surface area contributed by atoms with E-state index in [-0.39, 0.29) is 5.56 Å². The third-order valence-electron chi connectivity index (χ3n) is 4.77. The smallest absolute Gasteiger partial charge is 0.340 e. The van der Waals surface area contributed by atoms with Gasteiger partial charge in [-0.05, 0) is 36.2 Å². The lowest BCUT2D eigenvalue weighted by atomic mass is 9.98. The van der Waals surface area contributed by atoms with Gasteiger partial charge in [-0.25, -0.2) is 13.7 Å². The van der Waals surface area contributed by atoms with Gasteiger partial charge in [0, 0.05) is 47.4 Å². The van der Waals surface area contributed by atoms with Crippen molar-refractivity contribution < 1.29 is 18.7 Å². The Bertz CT molecular complexity index is 1060. The van der Waals surface area contributed by atoms with Crippen molar-refractivity contribution in [3.05, 3.63) is 45.2 Å². The van der Waals surface area contributed by atoms with Gasteiger partial charge < -0.3 is 14.4 Å². The molecule has 9 heteroatoms. The Kier molecular flexibility index (Phi) is 5.19. The van der Waals surface area contributed by atoms with Crippen LogP contribution in [0.4, 0.5) is 10.1 Å². The number of aromatic nitrogens is 3. The van der Waals surface area contributed by atoms with E-state index in [0.29, 0.717) is 22.6 Å². The summed E-state index contributed by atoms with van der Waals surface area (Å²) in [5.41, 5.74) is 3.86. The molecular weight excluding hydrogens is 478 g/mol. The maximum Gasteiger partial charge on any atom is 0.340 e. The van der Waals surface area contributed by atoms with Gasteiger partial charge in [-0.1, -0.05) is 0 Å². The van der Waals surface area contributed by atoms with Crippen LogP contribution in [0.5, 0.6) is 0 Å². The normalized spacial score (nSPS) is 14.5. The molecule has 2 aromatic heterocycles. The standard InChI is InChI=1S/C19H18FIN4O3/c1-11-7-15(20)14(18(26)27-2)9-13(11)12-8-16(24-3-5-28-6-4-24)17-22-19(21)23-25(17)10-12/h7-10H,3-6H2,1-2H3. The summed E-state index contributed by atoms with van der Waals surface area (Å²) in [6.45, 7) is 4.59. The molecule has 3 aromatic rings. The first-order chi connectivity index (χ1) is 13.5. The second kappa shape index (κ2) is 7.63. The lowest BCUT2D eigenvalue weighted by Gasteiger charge is -2.29. The number of aryl methyl sites for hydroxylation is 1. The number of nitrogens with zero attached hydrogens (tertiary/aromatic N) is 4. The zero-order valence-corrected chi connectivity index (χ0v) is 17.6. The average Bonchev–Trinajstić information content (AvgIpc) is 3.07. The van der Waals surface area contributed by atoms with E-state index in [1.165, 1.54) is 19.2 Å². The number of pyridine rings is 1. The van der Waals surface area contributed by atoms with Crippen LogP contribution in [0, 0.1) is 16.6 Å². The largest absolute Gasteiger partial charge is 0.465 e. The number of rotatable bonds is 3. The van der Waals surface area contributed by atoms with E-state index in [4.69, 9.17) is 9.47 Å². The monoisotopic (exact) mass is 496 g/mol. The number of morpholine rings is 1. The Morgan fingerprint density at radius 1 is 1.29 bits per heavy atom. The van der Waals surface area contributed by atoms with E-state index in [1.807, 2.05) is 19.2 Å². The number of hydrogen-bond acceptors (Lipinski definition) is 6. The molecule has 7 nitrogen and oxygen atoms in total. The summed E-state index contributed by atoms with van der Waals surface area (Å²) in [7, 11) is 1.24. The highest BCUT2D eigenvalue weighted by Gasteiger charge is 2.21. The van der Waals surface area contributed by atoms with Gasteiger partial charge in [0.25, 0.3) is 0 Å². The Balaban J connectivity index is 1.91. The summed E-state index contributed by atoms with van der Waals surface area (Å²) in [6.07, 6.45) is 1.84. The minimum atomic E-state index is -0.705. The molecule has 0 bridgehead atoms. The molecule has 0 amide bonds. The van der Waals surface area contributed by atoms with Gasteiger partial charge in [0.15, 0.2) is 5.65 Å². The summed E-state index contributed by atoms with van der Waals surface area (Å²) in [5.74, 6) is -1.30. The molecule has 0 spiro atoms. The third kappa shape index (κ3) is 3.44. The van der Waals surface area contributed by atoms with Crippen molar-refractivity contribution in [2.45, 2.75) is 6.92 Å². The lowest BCUT2D eigenvalue weighted by molar-refractivity contribution is 0.0595. The fraction of sp³-hybridized carbons (Fsp3) is 0.316. The van der Waals surface area contributed by atoms with Crippen molar-refractivity contribution in [2.75, 3.05) is 38.3 Å². The lowest BCUT2D eigenvalue weighted by Crippen LogP contribution is -2.36. The SMILES string of the molecule is COC(=O)c1cc(-c2cc(N3CCOCC3)c3nc(I)nn3c2)c(C)cc1F. The second-order valence-corrected chi connectivity index (χ2v) is 7.47. The topological polar surface area (TPSA) is 69.0 Å². The van der Waals surface area contributed by atoms with Crippen LogP contribution in [0.3, 0.4) is 0 Å². The maximum atomic E-state index is 14.3. The van der Waals surface area contributed by atoms with Gasteiger partial charge in [0.05, 0.1) is 31.6 Å². The molecule has 3 heterocycles. The van der Waals surface area contributed by atoms with Crippen molar-refractivity contribution in [2.24, 2.45) is 0 Å². The van der Waals surface area contributed by atoms with Gasteiger partial charge >= 0.3 is 5.97 Å². The highest BCUT2D eigenvalue weighted by molar-refractivity contribution is 14.1. The Morgan fingerprint density at radius 3 is 2.75 bits per heavy atom. The molecule has 1 saturated heterocycles. The minimum absolute atomic E-state index is 0.0932. The first-order valence-corrected chi connectivity index (χ1v) is 9.83. The van der Waals surface area contributed by atoms with Gasteiger partial charge in [-0.2, -0.15) is 4.98 Å². The van der Waals surface area contributed by atoms with Crippen molar-refractivity contribution in [1.29, 1.82) is 0 Å². The number of halogens is 2. The number of benzene rings is 1. The molecule has 0 saturated carbocycles. The zero-order chi connectivity index (χ0) is 19.8. The zero-order valence-electron chi connectivity index (χ0n) is 15.4. The van der Waals surface area contributed by atoms with Crippen LogP contribution in [0.1, 0.15) is 15.9 Å². The minimum Gasteiger partial charge on any atom is -0.465 e. The molecule has 1 fully saturated rings. The van der Waals surface area contributed by atoms with E-state index in [0.717, 1.165) is 35.6 Å². The van der Waals surface area contributed by atoms with Crippen LogP contribution in [0.2, 0.25) is 0 Å². The van der Waals surface area contributed by atoms with Gasteiger partial charge in [-0.15, -0.1) is 5.10 Å². The summed E-state index contributed by atoms with van der Waals surface area (Å²) >= 11 is 2.08. The van der Waals surface area contributed by atoms with Crippen LogP contribution in [0.15, 0.2) is 24.4 Å². The summed E-state index contributed by atoms with van der Waals surface area (Å²) < 4.78 is 26.8. The van der Waals surface area contributed by atoms with E-state index < -0.39 is 11.8 Å². The number of esters is 1. The number of carbonyl (C=O) groups excluding carboxylic acids is 1. The van der Waals surface area contributed by atoms with E-state index in [1.54, 1.807) is 4.52 Å². The van der Waals surface area contributed by atoms with Crippen LogP contribution < -0.4 is 4.90 Å². The van der Waals surface area contributed by atoms with Gasteiger partial charge in [0.1, 0.15) is 5.82 Å². The maximum absolute atomic E-state index is 14.3. The Morgan fingerprint density at radius 2 is 2.04 bits per heavy atom. The third-order valence-corrected chi connectivity index (χ3v) is 5.23. The molecule has 0 atom stereocenters. The highest BCUT2D eigenvalue weighted by Crippen LogP contribution is 2.32. The molecule has 4 rings (SSSR count). The fourth-order valence-electron chi connectivity index (χ4n) is 3.38. The summed E-state index contributed by atoms with van der Waals surface area (Å²) in [4.78, 5) is 18.7. The molecular formula is C19H18FIN4O3. The van der Waals surface area contributed by atoms with Crippen molar-refractivity contribution in [1.82, 2.24) is 14.6 Å². The molecule has 1 aromatic carbocycles. The van der Waals surface area contributed by atoms with E-state index in [9.17, 15) is 9.18 Å². The average molecular weight is 496 g/mol. The second-order valence-electron chi connectivity index (χ2n) is 6.50. The van der Waals surface area contributed by atoms with Crippen LogP contribution in [-0.2, 0) is 9.47 Å². The molecule has 28 heavy (non-hydrogen) atoms. The molecule has 0 N–H and O–H groups in total. The fourth-order valence-corrected chi connectivity index (χ4v) is 3.84. The predicted octanol–water partition coefficient (Wildman–Crippen LogP) is 3.07. The number of fused-ring (bicyclic) bond motifs is 1. The quantitative estimate of drug-likeness (QED) is 0.410. The number of hydrogen-bond donors (Lipinski definition) is 0. The molecule has 1 aliphatic heterocycles. The number of anilines is 1. The molecule has 0 unspecified atom stereocenters. The first kappa shape index (κ1) is 19.1. The van der Waals surface area contributed by atoms with Crippen molar-refractivity contribution in [3.8, 4) is 11.1 Å². The number of methoxy groups -OCH3 is 1. The number of ether oxygens (including phenoxy) is 2. The van der Waals surface area contributed by atoms with Crippen LogP contribution in [0.25, 0.3) is 16.8 Å². The molecule has 1 aliphatic rings. The van der Waals surface area contributed by atoms with Crippen LogP contribution in [-0.4, -0.2) is 54.0 Å². The molecule has 146 valence electrons.